The molecule has 0 amide bonds. The summed E-state index contributed by atoms with van der Waals surface area (Å²) in [6, 6.07) is 0. The highest BCUT2D eigenvalue weighted by Gasteiger charge is 2.52. The summed E-state index contributed by atoms with van der Waals surface area (Å²) < 4.78 is 12.4. The minimum atomic E-state index is -0.389. The summed E-state index contributed by atoms with van der Waals surface area (Å²) in [5, 5.41) is 0. The van der Waals surface area contributed by atoms with Crippen LogP contribution in [-0.4, -0.2) is 23.3 Å². The molecule has 136 valence electrons. The molecule has 0 aromatic heterocycles. The molecule has 3 heteroatoms. The summed E-state index contributed by atoms with van der Waals surface area (Å²) in [5.74, 6) is 0.223. The largest absolute Gasteiger partial charge is 0.459 e. The highest BCUT2D eigenvalue weighted by molar-refractivity contribution is 5.66. The van der Waals surface area contributed by atoms with Gasteiger partial charge < -0.3 is 9.47 Å². The summed E-state index contributed by atoms with van der Waals surface area (Å²) in [7, 11) is 0. The van der Waals surface area contributed by atoms with Crippen LogP contribution in [0.1, 0.15) is 79.6 Å². The fourth-order valence-electron chi connectivity index (χ4n) is 3.97. The Bertz CT molecular complexity index is 505. The van der Waals surface area contributed by atoms with Gasteiger partial charge in [0.2, 0.25) is 0 Å². The highest BCUT2D eigenvalue weighted by atomic mass is 16.6. The van der Waals surface area contributed by atoms with Gasteiger partial charge in [0.05, 0.1) is 5.60 Å². The van der Waals surface area contributed by atoms with E-state index in [4.69, 9.17) is 9.47 Å². The molecule has 2 bridgehead atoms. The third-order valence-corrected chi connectivity index (χ3v) is 5.79. The Kier molecular flexibility index (Phi) is 6.30. The fraction of sp³-hybridized carbons (Fsp3) is 0.762. The van der Waals surface area contributed by atoms with Gasteiger partial charge in [0.1, 0.15) is 11.7 Å². The van der Waals surface area contributed by atoms with Crippen LogP contribution in [0.2, 0.25) is 0 Å². The Balaban J connectivity index is 2.31. The molecule has 2 aliphatic heterocycles. The Labute approximate surface area is 147 Å². The molecule has 3 nitrogen and oxygen atoms in total. The van der Waals surface area contributed by atoms with Crippen molar-refractivity contribution in [3.8, 4) is 0 Å². The van der Waals surface area contributed by atoms with Crippen LogP contribution >= 0.6 is 0 Å². The predicted octanol–water partition coefficient (Wildman–Crippen LogP) is 5.35. The van der Waals surface area contributed by atoms with Gasteiger partial charge in [-0.2, -0.15) is 0 Å². The van der Waals surface area contributed by atoms with Gasteiger partial charge in [0, 0.05) is 6.92 Å². The fourth-order valence-corrected chi connectivity index (χ4v) is 3.97. The van der Waals surface area contributed by atoms with Crippen molar-refractivity contribution in [2.45, 2.75) is 96.9 Å². The van der Waals surface area contributed by atoms with Crippen molar-refractivity contribution in [3.63, 3.8) is 0 Å². The number of hydrogen-bond donors (Lipinski definition) is 0. The van der Waals surface area contributed by atoms with E-state index < -0.39 is 0 Å². The van der Waals surface area contributed by atoms with Crippen molar-refractivity contribution in [1.29, 1.82) is 0 Å². The molecule has 0 spiro atoms. The van der Waals surface area contributed by atoms with E-state index in [-0.39, 0.29) is 23.3 Å². The topological polar surface area (TPSA) is 35.5 Å². The van der Waals surface area contributed by atoms with Gasteiger partial charge in [-0.3, -0.25) is 4.79 Å². The van der Waals surface area contributed by atoms with Crippen molar-refractivity contribution in [1.82, 2.24) is 0 Å². The molecular formula is C21H34O3. The lowest BCUT2D eigenvalue weighted by atomic mass is 9.82. The number of esters is 1. The molecule has 1 saturated heterocycles. The number of allylic oxidation sites excluding steroid dienone is 3. The number of carbonyl (C=O) groups excluding carboxylic acids is 1. The van der Waals surface area contributed by atoms with E-state index in [1.54, 1.807) is 0 Å². The van der Waals surface area contributed by atoms with Crippen LogP contribution in [0.15, 0.2) is 23.8 Å². The summed E-state index contributed by atoms with van der Waals surface area (Å²) in [6.45, 7) is 10.3. The maximum atomic E-state index is 11.6. The molecule has 3 atom stereocenters. The van der Waals surface area contributed by atoms with Crippen LogP contribution in [0.5, 0.6) is 0 Å². The third kappa shape index (κ3) is 4.50. The third-order valence-electron chi connectivity index (χ3n) is 5.79. The van der Waals surface area contributed by atoms with Gasteiger partial charge in [0.15, 0.2) is 0 Å². The van der Waals surface area contributed by atoms with E-state index in [0.717, 1.165) is 44.9 Å². The van der Waals surface area contributed by atoms with Crippen LogP contribution in [0.25, 0.3) is 0 Å². The molecule has 0 aromatic rings. The first-order valence-electron chi connectivity index (χ1n) is 9.45. The zero-order valence-electron chi connectivity index (χ0n) is 16.1. The maximum Gasteiger partial charge on any atom is 0.303 e. The number of ether oxygens (including phenoxy) is 2. The zero-order chi connectivity index (χ0) is 17.8. The second-order valence-corrected chi connectivity index (χ2v) is 8.07. The maximum absolute atomic E-state index is 11.6. The van der Waals surface area contributed by atoms with Crippen LogP contribution in [0, 0.1) is 5.92 Å². The smallest absolute Gasteiger partial charge is 0.303 e. The molecule has 0 aliphatic carbocycles. The van der Waals surface area contributed by atoms with Crippen LogP contribution in [0.4, 0.5) is 0 Å². The summed E-state index contributed by atoms with van der Waals surface area (Å²) in [6.07, 6.45) is 13.5. The summed E-state index contributed by atoms with van der Waals surface area (Å²) in [4.78, 5) is 11.6. The summed E-state index contributed by atoms with van der Waals surface area (Å²) >= 11 is 0. The molecule has 0 aromatic carbocycles. The lowest BCUT2D eigenvalue weighted by molar-refractivity contribution is -0.186. The van der Waals surface area contributed by atoms with E-state index >= 15 is 0 Å². The van der Waals surface area contributed by atoms with Gasteiger partial charge in [-0.1, -0.05) is 37.6 Å². The van der Waals surface area contributed by atoms with E-state index in [0.29, 0.717) is 5.92 Å². The highest BCUT2D eigenvalue weighted by Crippen LogP contribution is 2.47. The van der Waals surface area contributed by atoms with Crippen molar-refractivity contribution >= 4 is 5.97 Å². The molecule has 0 unspecified atom stereocenters. The Hall–Kier alpha value is -1.09. The van der Waals surface area contributed by atoms with Gasteiger partial charge in [0.25, 0.3) is 0 Å². The van der Waals surface area contributed by atoms with Crippen molar-refractivity contribution in [3.05, 3.63) is 23.8 Å². The number of fused-ring (bicyclic) bond motifs is 2. The van der Waals surface area contributed by atoms with Crippen molar-refractivity contribution < 1.29 is 14.3 Å². The molecule has 2 aliphatic rings. The van der Waals surface area contributed by atoms with E-state index in [1.165, 1.54) is 12.5 Å². The predicted molar refractivity (Wildman–Crippen MR) is 97.8 cm³/mol. The second-order valence-electron chi connectivity index (χ2n) is 8.07. The molecule has 0 radical (unpaired) electrons. The number of carbonyl (C=O) groups is 1. The Morgan fingerprint density at radius 3 is 2.67 bits per heavy atom. The second kappa shape index (κ2) is 7.86. The molecule has 0 N–H and O–H groups in total. The first-order valence-corrected chi connectivity index (χ1v) is 9.45. The normalized spacial score (nSPS) is 38.4. The SMILES string of the molecule is CC(=O)O[C@H]1CC/C=C/CC/C(C)=C\C[C@]2(C(C)C)CC[C@@]1(C)O2. The van der Waals surface area contributed by atoms with Gasteiger partial charge >= 0.3 is 5.97 Å². The van der Waals surface area contributed by atoms with E-state index in [2.05, 4.69) is 45.9 Å². The molecule has 24 heavy (non-hydrogen) atoms. The lowest BCUT2D eigenvalue weighted by Gasteiger charge is -2.39. The first kappa shape index (κ1) is 19.2. The number of rotatable bonds is 2. The zero-order valence-corrected chi connectivity index (χ0v) is 16.1. The van der Waals surface area contributed by atoms with Crippen molar-refractivity contribution in [2.75, 3.05) is 0 Å². The van der Waals surface area contributed by atoms with Gasteiger partial charge in [-0.05, 0) is 64.7 Å². The van der Waals surface area contributed by atoms with E-state index in [9.17, 15) is 4.79 Å². The average Bonchev–Trinajstić information content (AvgIpc) is 2.86. The monoisotopic (exact) mass is 334 g/mol. The van der Waals surface area contributed by atoms with Crippen LogP contribution < -0.4 is 0 Å². The minimum Gasteiger partial charge on any atom is -0.459 e. The van der Waals surface area contributed by atoms with Crippen LogP contribution in [0.3, 0.4) is 0 Å². The molecular weight excluding hydrogens is 300 g/mol. The van der Waals surface area contributed by atoms with Crippen LogP contribution in [-0.2, 0) is 14.3 Å². The minimum absolute atomic E-state index is 0.143. The molecule has 2 rings (SSSR count). The average molecular weight is 335 g/mol. The summed E-state index contributed by atoms with van der Waals surface area (Å²) in [5.41, 5.74) is 0.905. The molecule has 2 heterocycles. The standard InChI is InChI=1S/C21H34O3/c1-16(2)21-13-12-17(3)10-8-6-7-9-11-19(23-18(4)22)20(5,24-21)14-15-21/h6-7,12,16,19H,8-11,13-15H2,1-5H3/b7-6+,17-12-/t19-,20+,21+/m0/s1. The molecule has 0 saturated carbocycles. The quantitative estimate of drug-likeness (QED) is 0.504. The van der Waals surface area contributed by atoms with Gasteiger partial charge in [-0.15, -0.1) is 0 Å². The van der Waals surface area contributed by atoms with Gasteiger partial charge in [-0.25, -0.2) is 0 Å². The van der Waals surface area contributed by atoms with Crippen molar-refractivity contribution in [2.24, 2.45) is 5.92 Å². The number of hydrogen-bond acceptors (Lipinski definition) is 3. The van der Waals surface area contributed by atoms with E-state index in [1.807, 2.05) is 0 Å². The first-order chi connectivity index (χ1) is 11.3. The Morgan fingerprint density at radius 2 is 2.00 bits per heavy atom. The molecule has 1 fully saturated rings. The Morgan fingerprint density at radius 1 is 1.29 bits per heavy atom. The lowest BCUT2D eigenvalue weighted by Crippen LogP contribution is -2.46.